The number of aromatic nitrogens is 1. The predicted octanol–water partition coefficient (Wildman–Crippen LogP) is 4.02. The molecule has 0 unspecified atom stereocenters. The second kappa shape index (κ2) is 4.81. The fourth-order valence-electron chi connectivity index (χ4n) is 1.89. The zero-order valence-electron chi connectivity index (χ0n) is 11.3. The standard InChI is InChI=1S/C16H20N2/c1-4-16(2,3)14-8-5-12(6-9-14)13-7-10-15(17)18-11-13/h5-11H,4H2,1-3H3,(H2,17,18). The lowest BCUT2D eigenvalue weighted by atomic mass is 9.82. The highest BCUT2D eigenvalue weighted by Gasteiger charge is 2.17. The molecule has 1 aromatic heterocycles. The second-order valence-electron chi connectivity index (χ2n) is 5.29. The van der Waals surface area contributed by atoms with Crippen molar-refractivity contribution in [3.05, 3.63) is 48.2 Å². The van der Waals surface area contributed by atoms with Crippen LogP contribution >= 0.6 is 0 Å². The van der Waals surface area contributed by atoms with E-state index in [-0.39, 0.29) is 5.41 Å². The molecule has 0 aliphatic carbocycles. The highest BCUT2D eigenvalue weighted by Crippen LogP contribution is 2.28. The third-order valence-corrected chi connectivity index (χ3v) is 3.67. The van der Waals surface area contributed by atoms with Gasteiger partial charge in [-0.1, -0.05) is 45.0 Å². The van der Waals surface area contributed by atoms with Gasteiger partial charge >= 0.3 is 0 Å². The van der Waals surface area contributed by atoms with Gasteiger partial charge in [0.25, 0.3) is 0 Å². The van der Waals surface area contributed by atoms with Gasteiger partial charge in [0, 0.05) is 11.8 Å². The average molecular weight is 240 g/mol. The van der Waals surface area contributed by atoms with E-state index in [0.717, 1.165) is 12.0 Å². The molecule has 0 saturated heterocycles. The summed E-state index contributed by atoms with van der Waals surface area (Å²) in [6.45, 7) is 6.76. The molecule has 2 aromatic rings. The summed E-state index contributed by atoms with van der Waals surface area (Å²) in [5, 5.41) is 0. The van der Waals surface area contributed by atoms with Crippen molar-refractivity contribution in [1.82, 2.24) is 4.98 Å². The van der Waals surface area contributed by atoms with Crippen LogP contribution in [0.4, 0.5) is 5.82 Å². The maximum Gasteiger partial charge on any atom is 0.123 e. The number of nitrogens with two attached hydrogens (primary N) is 1. The van der Waals surface area contributed by atoms with Crippen molar-refractivity contribution in [3.63, 3.8) is 0 Å². The largest absolute Gasteiger partial charge is 0.384 e. The molecule has 0 fully saturated rings. The van der Waals surface area contributed by atoms with Gasteiger partial charge in [-0.25, -0.2) is 4.98 Å². The van der Waals surface area contributed by atoms with E-state index in [1.54, 1.807) is 0 Å². The molecule has 0 radical (unpaired) electrons. The summed E-state index contributed by atoms with van der Waals surface area (Å²) in [5.41, 5.74) is 9.48. The van der Waals surface area contributed by atoms with Crippen molar-refractivity contribution in [1.29, 1.82) is 0 Å². The van der Waals surface area contributed by atoms with Crippen LogP contribution in [-0.4, -0.2) is 4.98 Å². The van der Waals surface area contributed by atoms with Crippen LogP contribution in [0.5, 0.6) is 0 Å². The van der Waals surface area contributed by atoms with Crippen LogP contribution in [0.2, 0.25) is 0 Å². The second-order valence-corrected chi connectivity index (χ2v) is 5.29. The van der Waals surface area contributed by atoms with Crippen molar-refractivity contribution < 1.29 is 0 Å². The summed E-state index contributed by atoms with van der Waals surface area (Å²) in [5.74, 6) is 0.558. The Morgan fingerprint density at radius 3 is 2.11 bits per heavy atom. The molecular weight excluding hydrogens is 220 g/mol. The molecule has 2 rings (SSSR count). The van der Waals surface area contributed by atoms with E-state index in [9.17, 15) is 0 Å². The molecule has 0 spiro atoms. The number of benzene rings is 1. The number of pyridine rings is 1. The van der Waals surface area contributed by atoms with Gasteiger partial charge < -0.3 is 5.73 Å². The summed E-state index contributed by atoms with van der Waals surface area (Å²) < 4.78 is 0. The van der Waals surface area contributed by atoms with Crippen LogP contribution < -0.4 is 5.73 Å². The monoisotopic (exact) mass is 240 g/mol. The molecule has 1 heterocycles. The fourth-order valence-corrected chi connectivity index (χ4v) is 1.89. The summed E-state index contributed by atoms with van der Waals surface area (Å²) in [6, 6.07) is 12.5. The van der Waals surface area contributed by atoms with Gasteiger partial charge in [-0.3, -0.25) is 0 Å². The quantitative estimate of drug-likeness (QED) is 0.880. The lowest BCUT2D eigenvalue weighted by Crippen LogP contribution is -2.14. The summed E-state index contributed by atoms with van der Waals surface area (Å²) in [6.07, 6.45) is 2.95. The first kappa shape index (κ1) is 12.6. The minimum atomic E-state index is 0.234. The Hall–Kier alpha value is -1.83. The van der Waals surface area contributed by atoms with E-state index in [1.165, 1.54) is 11.1 Å². The maximum absolute atomic E-state index is 5.59. The Morgan fingerprint density at radius 2 is 1.61 bits per heavy atom. The van der Waals surface area contributed by atoms with Crippen LogP contribution in [0, 0.1) is 0 Å². The number of rotatable bonds is 3. The van der Waals surface area contributed by atoms with Crippen molar-refractivity contribution in [2.45, 2.75) is 32.6 Å². The fraction of sp³-hybridized carbons (Fsp3) is 0.312. The van der Waals surface area contributed by atoms with Gasteiger partial charge in [-0.15, -0.1) is 0 Å². The lowest BCUT2D eigenvalue weighted by molar-refractivity contribution is 0.506. The summed E-state index contributed by atoms with van der Waals surface area (Å²) in [7, 11) is 0. The van der Waals surface area contributed by atoms with E-state index in [2.05, 4.69) is 50.0 Å². The van der Waals surface area contributed by atoms with Gasteiger partial charge in [0.1, 0.15) is 5.82 Å². The normalized spacial score (nSPS) is 11.5. The van der Waals surface area contributed by atoms with Gasteiger partial charge in [0.2, 0.25) is 0 Å². The Bertz CT molecular complexity index is 510. The SMILES string of the molecule is CCC(C)(C)c1ccc(-c2ccc(N)nc2)cc1. The first-order valence-corrected chi connectivity index (χ1v) is 6.35. The minimum absolute atomic E-state index is 0.234. The zero-order valence-corrected chi connectivity index (χ0v) is 11.3. The molecule has 94 valence electrons. The average Bonchev–Trinajstić information content (AvgIpc) is 2.40. The third kappa shape index (κ3) is 2.53. The molecule has 2 heteroatoms. The van der Waals surface area contributed by atoms with Crippen LogP contribution in [0.15, 0.2) is 42.6 Å². The summed E-state index contributed by atoms with van der Waals surface area (Å²) in [4.78, 5) is 4.12. The van der Waals surface area contributed by atoms with Crippen LogP contribution in [0.25, 0.3) is 11.1 Å². The minimum Gasteiger partial charge on any atom is -0.384 e. The first-order chi connectivity index (χ1) is 8.53. The Morgan fingerprint density at radius 1 is 1.00 bits per heavy atom. The number of anilines is 1. The first-order valence-electron chi connectivity index (χ1n) is 6.35. The van der Waals surface area contributed by atoms with Crippen molar-refractivity contribution in [2.24, 2.45) is 0 Å². The molecule has 0 atom stereocenters. The van der Waals surface area contributed by atoms with Gasteiger partial charge in [0.15, 0.2) is 0 Å². The maximum atomic E-state index is 5.59. The Labute approximate surface area is 109 Å². The Kier molecular flexibility index (Phi) is 3.37. The molecule has 18 heavy (non-hydrogen) atoms. The molecule has 0 saturated carbocycles. The van der Waals surface area contributed by atoms with Gasteiger partial charge in [-0.2, -0.15) is 0 Å². The Balaban J connectivity index is 2.30. The van der Waals surface area contributed by atoms with Crippen LogP contribution in [0.3, 0.4) is 0 Å². The van der Waals surface area contributed by atoms with Gasteiger partial charge in [0.05, 0.1) is 0 Å². The molecule has 0 aliphatic rings. The molecule has 0 bridgehead atoms. The van der Waals surface area contributed by atoms with E-state index < -0.39 is 0 Å². The number of nitrogens with zero attached hydrogens (tertiary/aromatic N) is 1. The molecule has 1 aromatic carbocycles. The molecule has 0 amide bonds. The van der Waals surface area contributed by atoms with Crippen LogP contribution in [-0.2, 0) is 5.41 Å². The highest BCUT2D eigenvalue weighted by atomic mass is 14.8. The molecular formula is C16H20N2. The van der Waals surface area contributed by atoms with Crippen LogP contribution in [0.1, 0.15) is 32.8 Å². The predicted molar refractivity (Wildman–Crippen MR) is 77.4 cm³/mol. The molecule has 2 N–H and O–H groups in total. The number of hydrogen-bond acceptors (Lipinski definition) is 2. The smallest absolute Gasteiger partial charge is 0.123 e. The molecule has 2 nitrogen and oxygen atoms in total. The van der Waals surface area contributed by atoms with E-state index in [4.69, 9.17) is 5.73 Å². The number of hydrogen-bond donors (Lipinski definition) is 1. The van der Waals surface area contributed by atoms with Crippen molar-refractivity contribution in [3.8, 4) is 11.1 Å². The lowest BCUT2D eigenvalue weighted by Gasteiger charge is -2.23. The van der Waals surface area contributed by atoms with E-state index in [0.29, 0.717) is 5.82 Å². The van der Waals surface area contributed by atoms with Crippen molar-refractivity contribution >= 4 is 5.82 Å². The number of nitrogen functional groups attached to an aromatic ring is 1. The van der Waals surface area contributed by atoms with E-state index >= 15 is 0 Å². The highest BCUT2D eigenvalue weighted by molar-refractivity contribution is 5.63. The third-order valence-electron chi connectivity index (χ3n) is 3.67. The topological polar surface area (TPSA) is 38.9 Å². The zero-order chi connectivity index (χ0) is 13.2. The summed E-state index contributed by atoms with van der Waals surface area (Å²) >= 11 is 0. The van der Waals surface area contributed by atoms with E-state index in [1.807, 2.05) is 18.3 Å². The van der Waals surface area contributed by atoms with Gasteiger partial charge in [-0.05, 0) is 35.1 Å². The molecule has 0 aliphatic heterocycles. The van der Waals surface area contributed by atoms with Crippen molar-refractivity contribution in [2.75, 3.05) is 5.73 Å².